The highest BCUT2D eigenvalue weighted by atomic mass is 35.5. The first-order chi connectivity index (χ1) is 8.95. The van der Waals surface area contributed by atoms with Gasteiger partial charge in [0.25, 0.3) is 5.69 Å². The molecule has 1 amide bonds. The van der Waals surface area contributed by atoms with E-state index in [9.17, 15) is 14.9 Å². The van der Waals surface area contributed by atoms with Gasteiger partial charge in [-0.25, -0.2) is 0 Å². The summed E-state index contributed by atoms with van der Waals surface area (Å²) >= 11 is 11.5. The second kappa shape index (κ2) is 7.16. The van der Waals surface area contributed by atoms with Gasteiger partial charge in [-0.15, -0.1) is 0 Å². The zero-order valence-electron chi connectivity index (χ0n) is 10.2. The van der Waals surface area contributed by atoms with Gasteiger partial charge in [0.05, 0.1) is 15.0 Å². The van der Waals surface area contributed by atoms with Gasteiger partial charge in [-0.1, -0.05) is 23.2 Å². The van der Waals surface area contributed by atoms with Gasteiger partial charge in [-0.2, -0.15) is 0 Å². The average Bonchev–Trinajstić information content (AvgIpc) is 2.33. The Morgan fingerprint density at radius 3 is 2.58 bits per heavy atom. The standard InChI is InChI=1S/C11H13Cl2N3O3/c1-2-14-11(17)3-4-15-9-5-7(12)8(13)6-10(9)16(18)19/h5-6,15H,2-4H2,1H3,(H,14,17). The summed E-state index contributed by atoms with van der Waals surface area (Å²) in [5.74, 6) is -0.127. The maximum Gasteiger partial charge on any atom is 0.293 e. The van der Waals surface area contributed by atoms with Crippen molar-refractivity contribution in [2.45, 2.75) is 13.3 Å². The number of rotatable bonds is 6. The van der Waals surface area contributed by atoms with Gasteiger partial charge in [0.15, 0.2) is 0 Å². The van der Waals surface area contributed by atoms with Gasteiger partial charge in [0, 0.05) is 25.6 Å². The Labute approximate surface area is 120 Å². The van der Waals surface area contributed by atoms with Crippen LogP contribution in [0.25, 0.3) is 0 Å². The molecule has 1 rings (SSSR count). The number of hydrogen-bond donors (Lipinski definition) is 2. The summed E-state index contributed by atoms with van der Waals surface area (Å²) in [6.07, 6.45) is 0.214. The predicted molar refractivity (Wildman–Crippen MR) is 74.9 cm³/mol. The summed E-state index contributed by atoms with van der Waals surface area (Å²) in [7, 11) is 0. The molecule has 6 nitrogen and oxygen atoms in total. The van der Waals surface area contributed by atoms with Crippen LogP contribution in [0.2, 0.25) is 10.0 Å². The third-order valence-electron chi connectivity index (χ3n) is 2.28. The van der Waals surface area contributed by atoms with E-state index in [0.717, 1.165) is 0 Å². The Hall–Kier alpha value is -1.53. The third-order valence-corrected chi connectivity index (χ3v) is 3.00. The minimum atomic E-state index is -0.559. The molecule has 0 aliphatic heterocycles. The van der Waals surface area contributed by atoms with Crippen molar-refractivity contribution in [3.63, 3.8) is 0 Å². The van der Waals surface area contributed by atoms with E-state index in [1.165, 1.54) is 12.1 Å². The summed E-state index contributed by atoms with van der Waals surface area (Å²) < 4.78 is 0. The van der Waals surface area contributed by atoms with Gasteiger partial charge >= 0.3 is 0 Å². The smallest absolute Gasteiger partial charge is 0.293 e. The van der Waals surface area contributed by atoms with E-state index in [1.807, 2.05) is 6.92 Å². The molecule has 19 heavy (non-hydrogen) atoms. The number of amides is 1. The number of anilines is 1. The Morgan fingerprint density at radius 1 is 1.37 bits per heavy atom. The van der Waals surface area contributed by atoms with Crippen LogP contribution in [0.4, 0.5) is 11.4 Å². The van der Waals surface area contributed by atoms with Gasteiger partial charge in [0.2, 0.25) is 5.91 Å². The summed E-state index contributed by atoms with van der Waals surface area (Å²) in [5, 5.41) is 16.6. The average molecular weight is 306 g/mol. The number of nitrogens with one attached hydrogen (secondary N) is 2. The molecular formula is C11H13Cl2N3O3. The van der Waals surface area contributed by atoms with Crippen LogP contribution in [-0.2, 0) is 4.79 Å². The lowest BCUT2D eigenvalue weighted by Gasteiger charge is -2.08. The Balaban J connectivity index is 2.74. The molecule has 104 valence electrons. The van der Waals surface area contributed by atoms with Crippen LogP contribution in [0, 0.1) is 10.1 Å². The van der Waals surface area contributed by atoms with Crippen molar-refractivity contribution in [1.82, 2.24) is 5.32 Å². The normalized spacial score (nSPS) is 10.1. The Morgan fingerprint density at radius 2 is 2.00 bits per heavy atom. The van der Waals surface area contributed by atoms with Gasteiger partial charge in [-0.05, 0) is 13.0 Å². The molecule has 0 unspecified atom stereocenters. The number of nitro benzene ring substituents is 1. The Bertz CT molecular complexity index is 494. The van der Waals surface area contributed by atoms with Crippen LogP contribution < -0.4 is 10.6 Å². The fourth-order valence-corrected chi connectivity index (χ4v) is 1.75. The van der Waals surface area contributed by atoms with Crippen molar-refractivity contribution in [2.75, 3.05) is 18.4 Å². The van der Waals surface area contributed by atoms with Crippen molar-refractivity contribution in [1.29, 1.82) is 0 Å². The molecule has 0 aliphatic rings. The minimum absolute atomic E-state index is 0.114. The zero-order chi connectivity index (χ0) is 14.4. The molecule has 0 atom stereocenters. The topological polar surface area (TPSA) is 84.3 Å². The van der Waals surface area contributed by atoms with Crippen LogP contribution >= 0.6 is 23.2 Å². The number of nitrogens with zero attached hydrogens (tertiary/aromatic N) is 1. The van der Waals surface area contributed by atoms with Gasteiger partial charge in [0.1, 0.15) is 5.69 Å². The summed E-state index contributed by atoms with van der Waals surface area (Å²) in [5.41, 5.74) is 0.0639. The van der Waals surface area contributed by atoms with Crippen LogP contribution in [0.1, 0.15) is 13.3 Å². The first kappa shape index (κ1) is 15.5. The molecule has 1 aromatic carbocycles. The second-order valence-electron chi connectivity index (χ2n) is 3.67. The van der Waals surface area contributed by atoms with E-state index in [0.29, 0.717) is 6.54 Å². The molecular weight excluding hydrogens is 293 g/mol. The molecule has 0 bridgehead atoms. The molecule has 0 radical (unpaired) electrons. The lowest BCUT2D eigenvalue weighted by atomic mass is 10.2. The zero-order valence-corrected chi connectivity index (χ0v) is 11.7. The number of nitro groups is 1. The quantitative estimate of drug-likeness (QED) is 0.625. The molecule has 0 aliphatic carbocycles. The summed E-state index contributed by atoms with van der Waals surface area (Å²) in [4.78, 5) is 21.6. The molecule has 2 N–H and O–H groups in total. The molecule has 0 aromatic heterocycles. The van der Waals surface area contributed by atoms with Gasteiger partial charge in [-0.3, -0.25) is 14.9 Å². The maximum atomic E-state index is 11.2. The molecule has 8 heteroatoms. The van der Waals surface area contributed by atoms with Crippen molar-refractivity contribution in [3.05, 3.63) is 32.3 Å². The Kier molecular flexibility index (Phi) is 5.85. The van der Waals surface area contributed by atoms with E-state index in [-0.39, 0.29) is 40.3 Å². The predicted octanol–water partition coefficient (Wildman–Crippen LogP) is 2.84. The highest BCUT2D eigenvalue weighted by Crippen LogP contribution is 2.33. The number of halogens is 2. The van der Waals surface area contributed by atoms with E-state index in [4.69, 9.17) is 23.2 Å². The van der Waals surface area contributed by atoms with Crippen molar-refractivity contribution in [2.24, 2.45) is 0 Å². The molecule has 0 heterocycles. The highest BCUT2D eigenvalue weighted by Gasteiger charge is 2.16. The van der Waals surface area contributed by atoms with Crippen LogP contribution in [0.15, 0.2) is 12.1 Å². The van der Waals surface area contributed by atoms with Crippen LogP contribution in [0.3, 0.4) is 0 Å². The highest BCUT2D eigenvalue weighted by molar-refractivity contribution is 6.42. The number of carbonyl (C=O) groups excluding carboxylic acids is 1. The first-order valence-corrected chi connectivity index (χ1v) is 6.35. The van der Waals surface area contributed by atoms with E-state index >= 15 is 0 Å². The lowest BCUT2D eigenvalue weighted by molar-refractivity contribution is -0.383. The van der Waals surface area contributed by atoms with Gasteiger partial charge < -0.3 is 10.6 Å². The van der Waals surface area contributed by atoms with E-state index in [2.05, 4.69) is 10.6 Å². The van der Waals surface area contributed by atoms with Crippen molar-refractivity contribution in [3.8, 4) is 0 Å². The lowest BCUT2D eigenvalue weighted by Crippen LogP contribution is -2.24. The molecule has 0 spiro atoms. The first-order valence-electron chi connectivity index (χ1n) is 5.59. The molecule has 0 fully saturated rings. The number of carbonyl (C=O) groups is 1. The summed E-state index contributed by atoms with van der Waals surface area (Å²) in [6, 6.07) is 2.55. The fraction of sp³-hybridized carbons (Fsp3) is 0.364. The van der Waals surface area contributed by atoms with Crippen LogP contribution in [-0.4, -0.2) is 23.9 Å². The summed E-state index contributed by atoms with van der Waals surface area (Å²) in [6.45, 7) is 2.63. The maximum absolute atomic E-state index is 11.2. The number of benzene rings is 1. The number of hydrogen-bond acceptors (Lipinski definition) is 4. The fourth-order valence-electron chi connectivity index (χ4n) is 1.43. The minimum Gasteiger partial charge on any atom is -0.379 e. The second-order valence-corrected chi connectivity index (χ2v) is 4.49. The molecule has 0 saturated heterocycles. The largest absolute Gasteiger partial charge is 0.379 e. The van der Waals surface area contributed by atoms with E-state index in [1.54, 1.807) is 0 Å². The van der Waals surface area contributed by atoms with Crippen molar-refractivity contribution < 1.29 is 9.72 Å². The SMILES string of the molecule is CCNC(=O)CCNc1cc(Cl)c(Cl)cc1[N+](=O)[O-]. The third kappa shape index (κ3) is 4.57. The monoisotopic (exact) mass is 305 g/mol. The molecule has 0 saturated carbocycles. The van der Waals surface area contributed by atoms with Crippen molar-refractivity contribution >= 4 is 40.5 Å². The van der Waals surface area contributed by atoms with Crippen LogP contribution in [0.5, 0.6) is 0 Å². The van der Waals surface area contributed by atoms with E-state index < -0.39 is 4.92 Å². The molecule has 1 aromatic rings.